The van der Waals surface area contributed by atoms with Crippen molar-refractivity contribution >= 4 is 5.69 Å². The largest absolute Gasteiger partial charge is 0.416 e. The molecule has 1 nitrogen and oxygen atoms in total. The van der Waals surface area contributed by atoms with Crippen molar-refractivity contribution in [3.8, 4) is 11.1 Å². The molecule has 0 bridgehead atoms. The van der Waals surface area contributed by atoms with Gasteiger partial charge in [-0.25, -0.2) is 0 Å². The van der Waals surface area contributed by atoms with E-state index < -0.39 is 11.7 Å². The summed E-state index contributed by atoms with van der Waals surface area (Å²) < 4.78 is 38.2. The number of fused-ring (bicyclic) bond motifs is 1. The molecule has 1 N–H and O–H groups in total. The molecule has 0 radical (unpaired) electrons. The summed E-state index contributed by atoms with van der Waals surface area (Å²) in [5.41, 5.74) is 4.25. The quantitative estimate of drug-likeness (QED) is 0.776. The number of benzene rings is 2. The molecule has 0 unspecified atom stereocenters. The van der Waals surface area contributed by atoms with E-state index in [4.69, 9.17) is 0 Å². The molecule has 4 heteroatoms. The van der Waals surface area contributed by atoms with E-state index in [1.165, 1.54) is 11.6 Å². The minimum absolute atomic E-state index is 0.594. The van der Waals surface area contributed by atoms with Crippen LogP contribution >= 0.6 is 0 Å². The second-order valence-electron chi connectivity index (χ2n) is 5.43. The average molecular weight is 291 g/mol. The molecule has 0 saturated carbocycles. The van der Waals surface area contributed by atoms with E-state index in [0.29, 0.717) is 5.56 Å². The van der Waals surface area contributed by atoms with Gasteiger partial charge >= 0.3 is 6.18 Å². The highest BCUT2D eigenvalue weighted by atomic mass is 19.4. The molecule has 1 heterocycles. The van der Waals surface area contributed by atoms with Crippen molar-refractivity contribution < 1.29 is 13.2 Å². The lowest BCUT2D eigenvalue weighted by atomic mass is 9.94. The minimum Gasteiger partial charge on any atom is -0.385 e. The number of nitrogens with one attached hydrogen (secondary N) is 1. The van der Waals surface area contributed by atoms with E-state index in [0.717, 1.165) is 42.3 Å². The van der Waals surface area contributed by atoms with Crippen LogP contribution in [0.15, 0.2) is 36.4 Å². The molecular formula is C17H16F3N. The fourth-order valence-corrected chi connectivity index (χ4v) is 2.81. The number of hydrogen-bond acceptors (Lipinski definition) is 1. The van der Waals surface area contributed by atoms with Gasteiger partial charge in [-0.2, -0.15) is 13.2 Å². The second kappa shape index (κ2) is 5.10. The maximum Gasteiger partial charge on any atom is 0.416 e. The van der Waals surface area contributed by atoms with Gasteiger partial charge in [-0.1, -0.05) is 12.1 Å². The van der Waals surface area contributed by atoms with Crippen molar-refractivity contribution in [3.05, 3.63) is 53.1 Å². The molecule has 0 aromatic heterocycles. The van der Waals surface area contributed by atoms with Crippen LogP contribution in [0.3, 0.4) is 0 Å². The molecule has 2 aromatic carbocycles. The minimum atomic E-state index is -4.29. The summed E-state index contributed by atoms with van der Waals surface area (Å²) in [6.07, 6.45) is -2.19. The molecule has 0 amide bonds. The van der Waals surface area contributed by atoms with Crippen molar-refractivity contribution in [2.24, 2.45) is 0 Å². The van der Waals surface area contributed by atoms with Gasteiger partial charge < -0.3 is 5.32 Å². The molecule has 0 aliphatic carbocycles. The lowest BCUT2D eigenvalue weighted by Gasteiger charge is -2.19. The van der Waals surface area contributed by atoms with Crippen LogP contribution in [0.1, 0.15) is 23.1 Å². The van der Waals surface area contributed by atoms with E-state index in [1.54, 1.807) is 13.0 Å². The Morgan fingerprint density at radius 2 is 1.86 bits per heavy atom. The predicted molar refractivity (Wildman–Crippen MR) is 78.4 cm³/mol. The summed E-state index contributed by atoms with van der Waals surface area (Å²) in [7, 11) is 0. The van der Waals surface area contributed by atoms with Crippen LogP contribution < -0.4 is 5.32 Å². The van der Waals surface area contributed by atoms with Gasteiger partial charge in [0.15, 0.2) is 0 Å². The normalized spacial score (nSPS) is 14.5. The maximum absolute atomic E-state index is 12.7. The summed E-state index contributed by atoms with van der Waals surface area (Å²) in [6.45, 7) is 2.70. The molecule has 0 saturated heterocycles. The van der Waals surface area contributed by atoms with Crippen LogP contribution in [0.25, 0.3) is 11.1 Å². The Morgan fingerprint density at radius 3 is 2.57 bits per heavy atom. The van der Waals surface area contributed by atoms with Gasteiger partial charge in [0.2, 0.25) is 0 Å². The molecule has 21 heavy (non-hydrogen) atoms. The second-order valence-corrected chi connectivity index (χ2v) is 5.43. The average Bonchev–Trinajstić information content (AvgIpc) is 2.45. The van der Waals surface area contributed by atoms with Crippen molar-refractivity contribution in [2.75, 3.05) is 11.9 Å². The smallest absolute Gasteiger partial charge is 0.385 e. The Bertz CT molecular complexity index is 674. The number of anilines is 1. The van der Waals surface area contributed by atoms with Crippen molar-refractivity contribution in [3.63, 3.8) is 0 Å². The number of aryl methyl sites for hydroxylation is 2. The van der Waals surface area contributed by atoms with E-state index in [2.05, 4.69) is 11.4 Å². The van der Waals surface area contributed by atoms with Gasteiger partial charge in [-0.3, -0.25) is 0 Å². The first-order chi connectivity index (χ1) is 9.95. The van der Waals surface area contributed by atoms with Crippen molar-refractivity contribution in [1.82, 2.24) is 0 Å². The number of halogens is 3. The molecule has 0 fully saturated rings. The van der Waals surface area contributed by atoms with Gasteiger partial charge in [0.25, 0.3) is 0 Å². The Balaban J connectivity index is 2.01. The lowest BCUT2D eigenvalue weighted by molar-refractivity contribution is -0.137. The van der Waals surface area contributed by atoms with Gasteiger partial charge in [0.05, 0.1) is 5.56 Å². The van der Waals surface area contributed by atoms with Crippen LogP contribution in [0.4, 0.5) is 18.9 Å². The Labute approximate surface area is 121 Å². The molecule has 3 rings (SSSR count). The highest BCUT2D eigenvalue weighted by molar-refractivity contribution is 5.72. The lowest BCUT2D eigenvalue weighted by Crippen LogP contribution is -2.11. The van der Waals surface area contributed by atoms with Gasteiger partial charge in [0, 0.05) is 12.2 Å². The summed E-state index contributed by atoms with van der Waals surface area (Å²) in [5.74, 6) is 0. The third-order valence-corrected chi connectivity index (χ3v) is 3.91. The molecule has 1 aliphatic rings. The fourth-order valence-electron chi connectivity index (χ4n) is 2.81. The summed E-state index contributed by atoms with van der Waals surface area (Å²) >= 11 is 0. The molecule has 0 atom stereocenters. The Morgan fingerprint density at radius 1 is 1.05 bits per heavy atom. The highest BCUT2D eigenvalue weighted by Crippen LogP contribution is 2.34. The third kappa shape index (κ3) is 2.75. The summed E-state index contributed by atoms with van der Waals surface area (Å²) in [6, 6.07) is 9.99. The molecule has 2 aromatic rings. The van der Waals surface area contributed by atoms with Gasteiger partial charge in [-0.05, 0) is 66.3 Å². The molecular weight excluding hydrogens is 275 g/mol. The number of hydrogen-bond donors (Lipinski definition) is 1. The van der Waals surface area contributed by atoms with E-state index in [1.807, 2.05) is 12.1 Å². The Hall–Kier alpha value is -1.97. The summed E-state index contributed by atoms with van der Waals surface area (Å²) in [5, 5.41) is 3.34. The van der Waals surface area contributed by atoms with Gasteiger partial charge in [-0.15, -0.1) is 0 Å². The van der Waals surface area contributed by atoms with E-state index in [-0.39, 0.29) is 0 Å². The van der Waals surface area contributed by atoms with Crippen LogP contribution in [0.5, 0.6) is 0 Å². The third-order valence-electron chi connectivity index (χ3n) is 3.91. The zero-order valence-electron chi connectivity index (χ0n) is 11.7. The van der Waals surface area contributed by atoms with Crippen LogP contribution in [-0.4, -0.2) is 6.54 Å². The van der Waals surface area contributed by atoms with Gasteiger partial charge in [0.1, 0.15) is 0 Å². The monoisotopic (exact) mass is 291 g/mol. The fraction of sp³-hybridized carbons (Fsp3) is 0.294. The standard InChI is InChI=1S/C17H16F3N/c1-11-9-14(17(18,19)20)5-6-15(11)12-4-7-16-13(10-12)3-2-8-21-16/h4-7,9-10,21H,2-3,8H2,1H3. The first-order valence-electron chi connectivity index (χ1n) is 7.00. The zero-order valence-corrected chi connectivity index (χ0v) is 11.7. The first kappa shape index (κ1) is 14.0. The van der Waals surface area contributed by atoms with E-state index >= 15 is 0 Å². The zero-order chi connectivity index (χ0) is 15.0. The molecule has 0 spiro atoms. The maximum atomic E-state index is 12.7. The SMILES string of the molecule is Cc1cc(C(F)(F)F)ccc1-c1ccc2c(c1)CCCN2. The Kier molecular flexibility index (Phi) is 3.40. The van der Waals surface area contributed by atoms with E-state index in [9.17, 15) is 13.2 Å². The van der Waals surface area contributed by atoms with Crippen LogP contribution in [0.2, 0.25) is 0 Å². The predicted octanol–water partition coefficient (Wildman–Crippen LogP) is 5.04. The first-order valence-corrected chi connectivity index (χ1v) is 7.00. The number of alkyl halides is 3. The molecule has 1 aliphatic heterocycles. The van der Waals surface area contributed by atoms with Crippen molar-refractivity contribution in [2.45, 2.75) is 25.9 Å². The molecule has 110 valence electrons. The summed E-state index contributed by atoms with van der Waals surface area (Å²) in [4.78, 5) is 0. The topological polar surface area (TPSA) is 12.0 Å². The highest BCUT2D eigenvalue weighted by Gasteiger charge is 2.30. The van der Waals surface area contributed by atoms with Crippen LogP contribution in [0, 0.1) is 6.92 Å². The number of rotatable bonds is 1. The van der Waals surface area contributed by atoms with Crippen LogP contribution in [-0.2, 0) is 12.6 Å². The van der Waals surface area contributed by atoms with Crippen molar-refractivity contribution in [1.29, 1.82) is 0 Å².